The Balaban J connectivity index is 1.96. The van der Waals surface area contributed by atoms with Gasteiger partial charge >= 0.3 is 0 Å². The van der Waals surface area contributed by atoms with Crippen LogP contribution < -0.4 is 4.74 Å². The van der Waals surface area contributed by atoms with Gasteiger partial charge in [0.1, 0.15) is 5.75 Å². The molecule has 0 aliphatic heterocycles. The zero-order chi connectivity index (χ0) is 11.4. The predicted molar refractivity (Wildman–Crippen MR) is 66.3 cm³/mol. The largest absolute Gasteiger partial charge is 0.492 e. The lowest BCUT2D eigenvalue weighted by Gasteiger charge is -2.12. The van der Waals surface area contributed by atoms with Gasteiger partial charge in [0, 0.05) is 0 Å². The van der Waals surface area contributed by atoms with Crippen molar-refractivity contribution >= 4 is 15.9 Å². The highest BCUT2D eigenvalue weighted by atomic mass is 79.9. The molecule has 1 aliphatic rings. The first-order chi connectivity index (χ1) is 7.79. The maximum Gasteiger partial charge on any atom is 0.133 e. The summed E-state index contributed by atoms with van der Waals surface area (Å²) in [6, 6.07) is 7.55. The molecule has 0 spiro atoms. The van der Waals surface area contributed by atoms with Crippen LogP contribution in [0, 0.1) is 17.2 Å². The first kappa shape index (κ1) is 11.5. The van der Waals surface area contributed by atoms with E-state index in [0.29, 0.717) is 11.5 Å². The zero-order valence-electron chi connectivity index (χ0n) is 9.08. The summed E-state index contributed by atoms with van der Waals surface area (Å²) in [5.41, 5.74) is 0.653. The molecule has 3 heteroatoms. The van der Waals surface area contributed by atoms with E-state index in [1.165, 1.54) is 25.7 Å². The Morgan fingerprint density at radius 2 is 2.12 bits per heavy atom. The van der Waals surface area contributed by atoms with Gasteiger partial charge in [-0.05, 0) is 52.9 Å². The number of halogens is 1. The first-order valence-corrected chi connectivity index (χ1v) is 6.41. The molecule has 0 atom stereocenters. The van der Waals surface area contributed by atoms with E-state index in [9.17, 15) is 0 Å². The van der Waals surface area contributed by atoms with Gasteiger partial charge in [-0.3, -0.25) is 0 Å². The van der Waals surface area contributed by atoms with Gasteiger partial charge < -0.3 is 4.74 Å². The number of benzene rings is 1. The van der Waals surface area contributed by atoms with Crippen molar-refractivity contribution in [3.8, 4) is 11.8 Å². The van der Waals surface area contributed by atoms with Crippen molar-refractivity contribution in [1.29, 1.82) is 5.26 Å². The third-order valence-electron chi connectivity index (χ3n) is 3.01. The van der Waals surface area contributed by atoms with Crippen LogP contribution in [0.3, 0.4) is 0 Å². The molecule has 2 nitrogen and oxygen atoms in total. The summed E-state index contributed by atoms with van der Waals surface area (Å²) in [6.07, 6.45) is 5.24. The Bertz CT molecular complexity index is 405. The fraction of sp³-hybridized carbons (Fsp3) is 0.462. The monoisotopic (exact) mass is 279 g/mol. The van der Waals surface area contributed by atoms with Crippen molar-refractivity contribution in [2.45, 2.75) is 25.7 Å². The Kier molecular flexibility index (Phi) is 3.84. The molecule has 0 N–H and O–H groups in total. The van der Waals surface area contributed by atoms with Crippen molar-refractivity contribution in [3.63, 3.8) is 0 Å². The summed E-state index contributed by atoms with van der Waals surface area (Å²) in [5.74, 6) is 1.55. The van der Waals surface area contributed by atoms with Gasteiger partial charge in [0.05, 0.1) is 22.7 Å². The molecule has 0 heterocycles. The van der Waals surface area contributed by atoms with Gasteiger partial charge in [-0.1, -0.05) is 12.8 Å². The Hall–Kier alpha value is -1.01. The van der Waals surface area contributed by atoms with Gasteiger partial charge in [0.2, 0.25) is 0 Å². The minimum atomic E-state index is 0.653. The molecule has 1 saturated carbocycles. The smallest absolute Gasteiger partial charge is 0.133 e. The van der Waals surface area contributed by atoms with E-state index in [1.54, 1.807) is 12.1 Å². The van der Waals surface area contributed by atoms with Crippen LogP contribution in [0.15, 0.2) is 22.7 Å². The SMILES string of the molecule is N#Cc1ccc(OCC2CCCC2)c(Br)c1. The van der Waals surface area contributed by atoms with Crippen molar-refractivity contribution < 1.29 is 4.74 Å². The van der Waals surface area contributed by atoms with Crippen LogP contribution in [0.4, 0.5) is 0 Å². The van der Waals surface area contributed by atoms with Crippen LogP contribution in [0.2, 0.25) is 0 Å². The molecule has 0 unspecified atom stereocenters. The van der Waals surface area contributed by atoms with Crippen molar-refractivity contribution in [2.24, 2.45) is 5.92 Å². The number of nitriles is 1. The maximum absolute atomic E-state index is 8.74. The van der Waals surface area contributed by atoms with E-state index < -0.39 is 0 Å². The summed E-state index contributed by atoms with van der Waals surface area (Å²) in [6.45, 7) is 0.796. The molecular formula is C13H14BrNO. The van der Waals surface area contributed by atoms with Crippen LogP contribution in [0.1, 0.15) is 31.2 Å². The molecule has 0 bridgehead atoms. The standard InChI is InChI=1S/C13H14BrNO/c14-12-7-11(8-15)5-6-13(12)16-9-10-3-1-2-4-10/h5-7,10H,1-4,9H2. The van der Waals surface area contributed by atoms with Gasteiger partial charge in [-0.25, -0.2) is 0 Å². The first-order valence-electron chi connectivity index (χ1n) is 5.62. The lowest BCUT2D eigenvalue weighted by molar-refractivity contribution is 0.251. The van der Waals surface area contributed by atoms with E-state index in [1.807, 2.05) is 6.07 Å². The third-order valence-corrected chi connectivity index (χ3v) is 3.63. The highest BCUT2D eigenvalue weighted by Gasteiger charge is 2.16. The van der Waals surface area contributed by atoms with Crippen molar-refractivity contribution in [3.05, 3.63) is 28.2 Å². The van der Waals surface area contributed by atoms with Gasteiger partial charge in [0.25, 0.3) is 0 Å². The van der Waals surface area contributed by atoms with Crippen LogP contribution >= 0.6 is 15.9 Å². The molecule has 1 aromatic rings. The minimum Gasteiger partial charge on any atom is -0.492 e. The fourth-order valence-electron chi connectivity index (χ4n) is 2.07. The molecule has 0 amide bonds. The Labute approximate surface area is 104 Å². The Morgan fingerprint density at radius 3 is 2.75 bits per heavy atom. The normalized spacial score (nSPS) is 16.0. The van der Waals surface area contributed by atoms with Crippen molar-refractivity contribution in [2.75, 3.05) is 6.61 Å². The summed E-state index contributed by atoms with van der Waals surface area (Å²) in [5, 5.41) is 8.74. The molecule has 16 heavy (non-hydrogen) atoms. The summed E-state index contributed by atoms with van der Waals surface area (Å²) >= 11 is 3.42. The highest BCUT2D eigenvalue weighted by molar-refractivity contribution is 9.10. The van der Waals surface area contributed by atoms with E-state index >= 15 is 0 Å². The minimum absolute atomic E-state index is 0.653. The number of hydrogen-bond acceptors (Lipinski definition) is 2. The quantitative estimate of drug-likeness (QED) is 0.841. The second kappa shape index (κ2) is 5.36. The van der Waals surface area contributed by atoms with Gasteiger partial charge in [-0.2, -0.15) is 5.26 Å². The average molecular weight is 280 g/mol. The molecule has 1 aromatic carbocycles. The van der Waals surface area contributed by atoms with E-state index in [-0.39, 0.29) is 0 Å². The topological polar surface area (TPSA) is 33.0 Å². The van der Waals surface area contributed by atoms with Crippen LogP contribution in [-0.2, 0) is 0 Å². The summed E-state index contributed by atoms with van der Waals surface area (Å²) < 4.78 is 6.63. The molecular weight excluding hydrogens is 266 g/mol. The number of nitrogens with zero attached hydrogens (tertiary/aromatic N) is 1. The van der Waals surface area contributed by atoms with Gasteiger partial charge in [-0.15, -0.1) is 0 Å². The molecule has 84 valence electrons. The molecule has 0 radical (unpaired) electrons. The van der Waals surface area contributed by atoms with Crippen molar-refractivity contribution in [1.82, 2.24) is 0 Å². The fourth-order valence-corrected chi connectivity index (χ4v) is 2.57. The molecule has 0 saturated heterocycles. The number of rotatable bonds is 3. The lowest BCUT2D eigenvalue weighted by Crippen LogP contribution is -2.08. The average Bonchev–Trinajstić information content (AvgIpc) is 2.80. The third kappa shape index (κ3) is 2.76. The maximum atomic E-state index is 8.74. The van der Waals surface area contributed by atoms with Gasteiger partial charge in [0.15, 0.2) is 0 Å². The summed E-state index contributed by atoms with van der Waals surface area (Å²) in [4.78, 5) is 0. The second-order valence-electron chi connectivity index (χ2n) is 4.22. The molecule has 1 aliphatic carbocycles. The second-order valence-corrected chi connectivity index (χ2v) is 5.07. The lowest BCUT2D eigenvalue weighted by atomic mass is 10.1. The van der Waals surface area contributed by atoms with E-state index in [4.69, 9.17) is 10.00 Å². The Morgan fingerprint density at radius 1 is 1.38 bits per heavy atom. The molecule has 2 rings (SSSR count). The van der Waals surface area contributed by atoms with E-state index in [2.05, 4.69) is 22.0 Å². The predicted octanol–water partition coefficient (Wildman–Crippen LogP) is 3.89. The van der Waals surface area contributed by atoms with Crippen LogP contribution in [0.5, 0.6) is 5.75 Å². The number of hydrogen-bond donors (Lipinski definition) is 0. The number of ether oxygens (including phenoxy) is 1. The van der Waals surface area contributed by atoms with Crippen LogP contribution in [0.25, 0.3) is 0 Å². The molecule has 0 aromatic heterocycles. The highest BCUT2D eigenvalue weighted by Crippen LogP contribution is 2.29. The molecule has 1 fully saturated rings. The zero-order valence-corrected chi connectivity index (χ0v) is 10.7. The van der Waals surface area contributed by atoms with E-state index in [0.717, 1.165) is 16.8 Å². The summed E-state index contributed by atoms with van der Waals surface area (Å²) in [7, 11) is 0. The van der Waals surface area contributed by atoms with Crippen LogP contribution in [-0.4, -0.2) is 6.61 Å².